The average molecular weight is 406 g/mol. The van der Waals surface area contributed by atoms with Gasteiger partial charge in [-0.2, -0.15) is 0 Å². The molecule has 2 aromatic carbocycles. The zero-order valence-electron chi connectivity index (χ0n) is 15.4. The number of thioether (sulfide) groups is 1. The number of rotatable bonds is 5. The minimum Gasteiger partial charge on any atom is -0.361 e. The Hall–Kier alpha value is -2.03. The van der Waals surface area contributed by atoms with Gasteiger partial charge in [0.2, 0.25) is 15.9 Å². The van der Waals surface area contributed by atoms with Gasteiger partial charge in [-0.25, -0.2) is 12.7 Å². The van der Waals surface area contributed by atoms with E-state index < -0.39 is 10.0 Å². The van der Waals surface area contributed by atoms with Crippen molar-refractivity contribution < 1.29 is 13.2 Å². The van der Waals surface area contributed by atoms with Crippen LogP contribution in [0.25, 0.3) is 0 Å². The molecule has 1 N–H and O–H groups in total. The van der Waals surface area contributed by atoms with Gasteiger partial charge in [-0.05, 0) is 48.6 Å². The molecule has 0 aromatic heterocycles. The topological polar surface area (TPSA) is 69.7 Å². The maximum absolute atomic E-state index is 12.5. The van der Waals surface area contributed by atoms with Crippen LogP contribution in [0, 0.1) is 0 Å². The highest BCUT2D eigenvalue weighted by molar-refractivity contribution is 7.99. The van der Waals surface area contributed by atoms with Crippen molar-refractivity contribution in [1.29, 1.82) is 0 Å². The number of para-hydroxylation sites is 1. The Morgan fingerprint density at radius 1 is 1.15 bits per heavy atom. The van der Waals surface area contributed by atoms with E-state index in [9.17, 15) is 13.2 Å². The molecular formula is C19H23N3O3S2. The van der Waals surface area contributed by atoms with Gasteiger partial charge in [-0.1, -0.05) is 12.1 Å². The molecule has 0 saturated heterocycles. The van der Waals surface area contributed by atoms with Crippen molar-refractivity contribution in [1.82, 2.24) is 4.31 Å². The lowest BCUT2D eigenvalue weighted by atomic mass is 10.2. The maximum Gasteiger partial charge on any atom is 0.243 e. The van der Waals surface area contributed by atoms with Crippen LogP contribution >= 0.6 is 11.8 Å². The summed E-state index contributed by atoms with van der Waals surface area (Å²) in [5, 5.41) is 2.85. The normalized spacial score (nSPS) is 14.6. The Morgan fingerprint density at radius 3 is 2.56 bits per heavy atom. The number of sulfonamides is 1. The second-order valence-electron chi connectivity index (χ2n) is 6.45. The van der Waals surface area contributed by atoms with Crippen molar-refractivity contribution in [3.63, 3.8) is 0 Å². The standard InChI is InChI=1S/C19H23N3O3S2/c1-21(2)27(24,25)16-10-8-15(9-11-16)20-19(23)14-22-12-5-13-26-18-7-4-3-6-17(18)22/h3-4,6-11H,5,12-14H2,1-2H3,(H,20,23). The van der Waals surface area contributed by atoms with Crippen molar-refractivity contribution in [3.05, 3.63) is 48.5 Å². The fraction of sp³-hybridized carbons (Fsp3) is 0.316. The molecule has 3 rings (SSSR count). The van der Waals surface area contributed by atoms with Gasteiger partial charge in [-0.15, -0.1) is 11.8 Å². The van der Waals surface area contributed by atoms with Crippen molar-refractivity contribution in [3.8, 4) is 0 Å². The van der Waals surface area contributed by atoms with Gasteiger partial charge in [0, 0.05) is 31.2 Å². The number of hydrogen-bond acceptors (Lipinski definition) is 5. The molecule has 1 amide bonds. The minimum absolute atomic E-state index is 0.125. The maximum atomic E-state index is 12.5. The third kappa shape index (κ3) is 4.63. The number of amides is 1. The molecule has 0 spiro atoms. The number of carbonyl (C=O) groups excluding carboxylic acids is 1. The van der Waals surface area contributed by atoms with Crippen LogP contribution < -0.4 is 10.2 Å². The number of benzene rings is 2. The van der Waals surface area contributed by atoms with Gasteiger partial charge < -0.3 is 10.2 Å². The first-order valence-electron chi connectivity index (χ1n) is 8.67. The lowest BCUT2D eigenvalue weighted by Gasteiger charge is -2.23. The fourth-order valence-corrected chi connectivity index (χ4v) is 4.77. The van der Waals surface area contributed by atoms with E-state index in [4.69, 9.17) is 0 Å². The molecule has 1 aliphatic heterocycles. The lowest BCUT2D eigenvalue weighted by molar-refractivity contribution is -0.115. The second kappa shape index (κ2) is 8.33. The van der Waals surface area contributed by atoms with E-state index in [0.717, 1.165) is 28.7 Å². The first-order chi connectivity index (χ1) is 12.9. The third-order valence-corrected chi connectivity index (χ3v) is 7.27. The highest BCUT2D eigenvalue weighted by atomic mass is 32.2. The van der Waals surface area contributed by atoms with Crippen LogP contribution in [0.2, 0.25) is 0 Å². The summed E-state index contributed by atoms with van der Waals surface area (Å²) in [6.07, 6.45) is 1.02. The van der Waals surface area contributed by atoms with Gasteiger partial charge >= 0.3 is 0 Å². The van der Waals surface area contributed by atoms with Crippen LogP contribution in [-0.4, -0.2) is 51.6 Å². The van der Waals surface area contributed by atoms with Crippen LogP contribution in [0.1, 0.15) is 6.42 Å². The zero-order valence-corrected chi connectivity index (χ0v) is 17.0. The lowest BCUT2D eigenvalue weighted by Crippen LogP contribution is -2.34. The Morgan fingerprint density at radius 2 is 1.85 bits per heavy atom. The number of fused-ring (bicyclic) bond motifs is 1. The zero-order chi connectivity index (χ0) is 19.4. The van der Waals surface area contributed by atoms with Crippen molar-refractivity contribution in [2.45, 2.75) is 16.2 Å². The van der Waals surface area contributed by atoms with E-state index in [0.29, 0.717) is 5.69 Å². The first kappa shape index (κ1) is 19.7. The van der Waals surface area contributed by atoms with Gasteiger partial charge in [0.15, 0.2) is 0 Å². The Kier molecular flexibility index (Phi) is 6.08. The van der Waals surface area contributed by atoms with Gasteiger partial charge in [0.25, 0.3) is 0 Å². The molecule has 1 heterocycles. The summed E-state index contributed by atoms with van der Waals surface area (Å²) in [5.41, 5.74) is 1.66. The van der Waals surface area contributed by atoms with E-state index >= 15 is 0 Å². The molecule has 6 nitrogen and oxygen atoms in total. The SMILES string of the molecule is CN(C)S(=O)(=O)c1ccc(NC(=O)CN2CCCSc3ccccc32)cc1. The largest absolute Gasteiger partial charge is 0.361 e. The van der Waals surface area contributed by atoms with E-state index in [2.05, 4.69) is 16.3 Å². The van der Waals surface area contributed by atoms with Gasteiger partial charge in [0.05, 0.1) is 17.1 Å². The third-order valence-electron chi connectivity index (χ3n) is 4.29. The van der Waals surface area contributed by atoms with E-state index in [1.165, 1.54) is 31.1 Å². The number of carbonyl (C=O) groups is 1. The number of hydrogen-bond donors (Lipinski definition) is 1. The molecule has 0 atom stereocenters. The van der Waals surface area contributed by atoms with Crippen LogP contribution in [0.4, 0.5) is 11.4 Å². The quantitative estimate of drug-likeness (QED) is 0.828. The van der Waals surface area contributed by atoms with E-state index in [1.54, 1.807) is 12.1 Å². The molecule has 144 valence electrons. The number of nitrogens with one attached hydrogen (secondary N) is 1. The summed E-state index contributed by atoms with van der Waals surface area (Å²) < 4.78 is 25.4. The van der Waals surface area contributed by atoms with E-state index in [1.807, 2.05) is 30.0 Å². The predicted molar refractivity (Wildman–Crippen MR) is 110 cm³/mol. The second-order valence-corrected chi connectivity index (χ2v) is 9.74. The van der Waals surface area contributed by atoms with Crippen LogP contribution in [0.5, 0.6) is 0 Å². The summed E-state index contributed by atoms with van der Waals surface area (Å²) >= 11 is 1.82. The monoisotopic (exact) mass is 405 g/mol. The van der Waals surface area contributed by atoms with Crippen LogP contribution in [0.3, 0.4) is 0 Å². The van der Waals surface area contributed by atoms with Crippen LogP contribution in [-0.2, 0) is 14.8 Å². The van der Waals surface area contributed by atoms with Gasteiger partial charge in [0.1, 0.15) is 0 Å². The summed E-state index contributed by atoms with van der Waals surface area (Å²) in [6, 6.07) is 14.4. The van der Waals surface area contributed by atoms with Crippen LogP contribution in [0.15, 0.2) is 58.3 Å². The first-order valence-corrected chi connectivity index (χ1v) is 11.1. The average Bonchev–Trinajstić information content (AvgIpc) is 2.84. The van der Waals surface area contributed by atoms with Gasteiger partial charge in [-0.3, -0.25) is 4.79 Å². The van der Waals surface area contributed by atoms with Crippen molar-refractivity contribution >= 4 is 39.1 Å². The van der Waals surface area contributed by atoms with Crippen molar-refractivity contribution in [2.24, 2.45) is 0 Å². The highest BCUT2D eigenvalue weighted by Crippen LogP contribution is 2.33. The molecule has 0 aliphatic carbocycles. The smallest absolute Gasteiger partial charge is 0.243 e. The number of anilines is 2. The Labute approximate surface area is 164 Å². The van der Waals surface area contributed by atoms with E-state index in [-0.39, 0.29) is 17.3 Å². The summed E-state index contributed by atoms with van der Waals surface area (Å²) in [5.74, 6) is 0.914. The number of nitrogens with zero attached hydrogens (tertiary/aromatic N) is 2. The molecule has 1 aliphatic rings. The molecule has 0 radical (unpaired) electrons. The summed E-state index contributed by atoms with van der Waals surface area (Å²) in [4.78, 5) is 16.0. The molecule has 8 heteroatoms. The molecular weight excluding hydrogens is 382 g/mol. The summed E-state index contributed by atoms with van der Waals surface area (Å²) in [6.45, 7) is 1.09. The fourth-order valence-electron chi connectivity index (χ4n) is 2.86. The Balaban J connectivity index is 1.68. The predicted octanol–water partition coefficient (Wildman–Crippen LogP) is 2.88. The molecule has 0 bridgehead atoms. The highest BCUT2D eigenvalue weighted by Gasteiger charge is 2.19. The molecule has 2 aromatic rings. The minimum atomic E-state index is -3.47. The summed E-state index contributed by atoms with van der Waals surface area (Å²) in [7, 11) is -0.495. The molecule has 0 unspecified atom stereocenters. The van der Waals surface area contributed by atoms with Crippen molar-refractivity contribution in [2.75, 3.05) is 43.2 Å². The molecule has 0 fully saturated rings. The Bertz CT molecular complexity index is 912. The molecule has 0 saturated carbocycles. The molecule has 27 heavy (non-hydrogen) atoms.